The van der Waals surface area contributed by atoms with E-state index >= 15 is 0 Å². The number of hydrazone groups is 1. The maximum absolute atomic E-state index is 12.3. The lowest BCUT2D eigenvalue weighted by molar-refractivity contribution is -0.130. The molecule has 6 nitrogen and oxygen atoms in total. The first-order valence-corrected chi connectivity index (χ1v) is 8.26. The first-order chi connectivity index (χ1) is 12.1. The molecule has 0 saturated carbocycles. The number of pyridine rings is 1. The van der Waals surface area contributed by atoms with Crippen molar-refractivity contribution in [3.05, 3.63) is 59.8 Å². The molecule has 128 valence electrons. The summed E-state index contributed by atoms with van der Waals surface area (Å²) >= 11 is 0. The van der Waals surface area contributed by atoms with Crippen molar-refractivity contribution in [2.24, 2.45) is 5.10 Å². The van der Waals surface area contributed by atoms with Crippen LogP contribution in [0.1, 0.15) is 24.0 Å². The second-order valence-corrected chi connectivity index (χ2v) is 5.95. The number of nitrogens with one attached hydrogen (secondary N) is 1. The van der Waals surface area contributed by atoms with Gasteiger partial charge in [0.2, 0.25) is 5.91 Å². The molecule has 0 saturated heterocycles. The molecule has 2 amide bonds. The van der Waals surface area contributed by atoms with E-state index in [2.05, 4.69) is 27.5 Å². The highest BCUT2D eigenvalue weighted by molar-refractivity contribution is 6.43. The molecule has 3 rings (SSSR count). The van der Waals surface area contributed by atoms with Crippen LogP contribution < -0.4 is 5.32 Å². The molecule has 1 aliphatic heterocycles. The number of anilines is 1. The van der Waals surface area contributed by atoms with Crippen LogP contribution >= 0.6 is 0 Å². The Morgan fingerprint density at radius 2 is 1.88 bits per heavy atom. The fourth-order valence-electron chi connectivity index (χ4n) is 2.65. The van der Waals surface area contributed by atoms with Crippen molar-refractivity contribution in [1.29, 1.82) is 0 Å². The smallest absolute Gasteiger partial charge is 0.273 e. The standard InChI is InChI=1S/C19H20N4O2/c1-23-18(24)10-9-16(22-23)19(25)21-17-13-15(11-12-20-17)8-7-14-5-3-2-4-6-14/h2-6,11-13H,7-10H2,1H3,(H,20,21,25). The van der Waals surface area contributed by atoms with E-state index in [0.29, 0.717) is 24.4 Å². The van der Waals surface area contributed by atoms with Gasteiger partial charge < -0.3 is 5.32 Å². The molecule has 6 heteroatoms. The van der Waals surface area contributed by atoms with Gasteiger partial charge in [0.05, 0.1) is 0 Å². The predicted octanol–water partition coefficient (Wildman–Crippen LogP) is 2.41. The maximum atomic E-state index is 12.3. The second kappa shape index (κ2) is 7.70. The molecule has 1 aromatic heterocycles. The number of nitrogens with zero attached hydrogens (tertiary/aromatic N) is 3. The van der Waals surface area contributed by atoms with Crippen LogP contribution in [-0.2, 0) is 22.4 Å². The topological polar surface area (TPSA) is 74.7 Å². The Morgan fingerprint density at radius 1 is 1.12 bits per heavy atom. The zero-order valence-electron chi connectivity index (χ0n) is 14.1. The largest absolute Gasteiger partial charge is 0.305 e. The second-order valence-electron chi connectivity index (χ2n) is 5.95. The summed E-state index contributed by atoms with van der Waals surface area (Å²) in [7, 11) is 1.55. The number of carbonyl (C=O) groups excluding carboxylic acids is 2. The van der Waals surface area contributed by atoms with Crippen molar-refractivity contribution in [3.63, 3.8) is 0 Å². The molecule has 2 heterocycles. The molecule has 0 aliphatic carbocycles. The minimum absolute atomic E-state index is 0.0856. The van der Waals surface area contributed by atoms with E-state index in [1.54, 1.807) is 13.2 Å². The third kappa shape index (κ3) is 4.50. The van der Waals surface area contributed by atoms with E-state index in [0.717, 1.165) is 18.4 Å². The molecule has 0 radical (unpaired) electrons. The Kier molecular flexibility index (Phi) is 5.18. The summed E-state index contributed by atoms with van der Waals surface area (Å²) < 4.78 is 0. The molecule has 2 aromatic rings. The van der Waals surface area contributed by atoms with Gasteiger partial charge in [-0.05, 0) is 36.1 Å². The van der Waals surface area contributed by atoms with Crippen molar-refractivity contribution >= 4 is 23.3 Å². The zero-order chi connectivity index (χ0) is 17.6. The maximum Gasteiger partial charge on any atom is 0.273 e. The van der Waals surface area contributed by atoms with Crippen LogP contribution in [0.2, 0.25) is 0 Å². The van der Waals surface area contributed by atoms with E-state index in [-0.39, 0.29) is 11.8 Å². The number of aryl methyl sites for hydroxylation is 2. The lowest BCUT2D eigenvalue weighted by Gasteiger charge is -2.18. The van der Waals surface area contributed by atoms with Crippen molar-refractivity contribution in [1.82, 2.24) is 9.99 Å². The molecular weight excluding hydrogens is 316 g/mol. The Balaban J connectivity index is 1.62. The van der Waals surface area contributed by atoms with Crippen molar-refractivity contribution in [2.45, 2.75) is 25.7 Å². The minimum atomic E-state index is -0.313. The lowest BCUT2D eigenvalue weighted by atomic mass is 10.1. The first-order valence-electron chi connectivity index (χ1n) is 8.26. The summed E-state index contributed by atoms with van der Waals surface area (Å²) in [4.78, 5) is 27.9. The molecule has 0 unspecified atom stereocenters. The normalized spacial score (nSPS) is 14.2. The van der Waals surface area contributed by atoms with Gasteiger partial charge in [0.15, 0.2) is 0 Å². The summed E-state index contributed by atoms with van der Waals surface area (Å²) in [6.45, 7) is 0. The van der Waals surface area contributed by atoms with Gasteiger partial charge in [-0.15, -0.1) is 0 Å². The number of rotatable bonds is 5. The van der Waals surface area contributed by atoms with Gasteiger partial charge in [-0.2, -0.15) is 5.10 Å². The summed E-state index contributed by atoms with van der Waals surface area (Å²) in [5.41, 5.74) is 2.72. The highest BCUT2D eigenvalue weighted by Crippen LogP contribution is 2.13. The molecule has 1 aromatic carbocycles. The fourth-order valence-corrected chi connectivity index (χ4v) is 2.65. The van der Waals surface area contributed by atoms with Crippen LogP contribution in [0.25, 0.3) is 0 Å². The van der Waals surface area contributed by atoms with Crippen LogP contribution in [0, 0.1) is 0 Å². The summed E-state index contributed by atoms with van der Waals surface area (Å²) in [6, 6.07) is 14.1. The molecular formula is C19H20N4O2. The van der Waals surface area contributed by atoms with E-state index in [1.807, 2.05) is 30.3 Å². The monoisotopic (exact) mass is 336 g/mol. The van der Waals surface area contributed by atoms with Gasteiger partial charge in [0.1, 0.15) is 11.5 Å². The van der Waals surface area contributed by atoms with Crippen LogP contribution in [-0.4, -0.2) is 34.6 Å². The third-order valence-corrected chi connectivity index (χ3v) is 4.08. The molecule has 0 fully saturated rings. The number of hydrogen-bond donors (Lipinski definition) is 1. The SMILES string of the molecule is CN1N=C(C(=O)Nc2cc(CCc3ccccc3)ccn2)CCC1=O. The zero-order valence-corrected chi connectivity index (χ0v) is 14.1. The van der Waals surface area contributed by atoms with Crippen molar-refractivity contribution in [3.8, 4) is 0 Å². The quantitative estimate of drug-likeness (QED) is 0.911. The van der Waals surface area contributed by atoms with Gasteiger partial charge in [-0.25, -0.2) is 9.99 Å². The van der Waals surface area contributed by atoms with E-state index in [9.17, 15) is 9.59 Å². The molecule has 1 aliphatic rings. The number of hydrogen-bond acceptors (Lipinski definition) is 4. The highest BCUT2D eigenvalue weighted by Gasteiger charge is 2.22. The van der Waals surface area contributed by atoms with Crippen LogP contribution in [0.5, 0.6) is 0 Å². The first kappa shape index (κ1) is 16.8. The van der Waals surface area contributed by atoms with Gasteiger partial charge in [0.25, 0.3) is 5.91 Å². The number of carbonyl (C=O) groups is 2. The van der Waals surface area contributed by atoms with Crippen LogP contribution in [0.3, 0.4) is 0 Å². The van der Waals surface area contributed by atoms with E-state index < -0.39 is 0 Å². The van der Waals surface area contributed by atoms with Gasteiger partial charge in [-0.1, -0.05) is 30.3 Å². The fraction of sp³-hybridized carbons (Fsp3) is 0.263. The van der Waals surface area contributed by atoms with Gasteiger partial charge in [0, 0.05) is 26.1 Å². The van der Waals surface area contributed by atoms with Gasteiger partial charge >= 0.3 is 0 Å². The third-order valence-electron chi connectivity index (χ3n) is 4.08. The predicted molar refractivity (Wildman–Crippen MR) is 96.2 cm³/mol. The Hall–Kier alpha value is -3.02. The van der Waals surface area contributed by atoms with Crippen molar-refractivity contribution in [2.75, 3.05) is 12.4 Å². The number of aromatic nitrogens is 1. The Morgan fingerprint density at radius 3 is 2.64 bits per heavy atom. The molecule has 0 bridgehead atoms. The average molecular weight is 336 g/mol. The molecule has 25 heavy (non-hydrogen) atoms. The Bertz CT molecular complexity index is 802. The van der Waals surface area contributed by atoms with Crippen molar-refractivity contribution < 1.29 is 9.59 Å². The number of amides is 2. The summed E-state index contributed by atoms with van der Waals surface area (Å²) in [5.74, 6) is 0.0995. The van der Waals surface area contributed by atoms with E-state index in [1.165, 1.54) is 10.6 Å². The Labute approximate surface area is 146 Å². The minimum Gasteiger partial charge on any atom is -0.305 e. The molecule has 0 atom stereocenters. The highest BCUT2D eigenvalue weighted by atomic mass is 16.2. The molecule has 0 spiro atoms. The van der Waals surface area contributed by atoms with Gasteiger partial charge in [-0.3, -0.25) is 9.59 Å². The summed E-state index contributed by atoms with van der Waals surface area (Å²) in [6.07, 6.45) is 4.13. The van der Waals surface area contributed by atoms with Crippen LogP contribution in [0.4, 0.5) is 5.82 Å². The van der Waals surface area contributed by atoms with E-state index in [4.69, 9.17) is 0 Å². The van der Waals surface area contributed by atoms with Crippen LogP contribution in [0.15, 0.2) is 53.8 Å². The summed E-state index contributed by atoms with van der Waals surface area (Å²) in [5, 5.41) is 8.00. The lowest BCUT2D eigenvalue weighted by Crippen LogP contribution is -2.34. The molecule has 1 N–H and O–H groups in total. The number of benzene rings is 1. The average Bonchev–Trinajstić information content (AvgIpc) is 2.63.